The third kappa shape index (κ3) is 4.99. The number of anilines is 1. The number of hydrogen-bond donors (Lipinski definition) is 1. The molecule has 2 rings (SSSR count). The van der Waals surface area contributed by atoms with Crippen LogP contribution in [0.4, 0.5) is 5.82 Å². The van der Waals surface area contributed by atoms with E-state index in [1.807, 2.05) is 6.20 Å². The zero-order valence-corrected chi connectivity index (χ0v) is 13.3. The van der Waals surface area contributed by atoms with Crippen LogP contribution in [0.5, 0.6) is 0 Å². The zero-order chi connectivity index (χ0) is 15.5. The second-order valence-corrected chi connectivity index (χ2v) is 6.44. The van der Waals surface area contributed by atoms with Crippen LogP contribution in [0.3, 0.4) is 0 Å². The monoisotopic (exact) mass is 309 g/mol. The summed E-state index contributed by atoms with van der Waals surface area (Å²) in [5, 5.41) is 4.53. The highest BCUT2D eigenvalue weighted by atomic mass is 35.5. The lowest BCUT2D eigenvalue weighted by Crippen LogP contribution is -2.11. The van der Waals surface area contributed by atoms with Gasteiger partial charge in [0.2, 0.25) is 0 Å². The van der Waals surface area contributed by atoms with Crippen LogP contribution in [0.2, 0.25) is 5.15 Å². The largest absolute Gasteiger partial charge is 0.384 e. The Labute approximate surface area is 129 Å². The molecule has 7 heteroatoms. The maximum absolute atomic E-state index is 5.87. The van der Waals surface area contributed by atoms with Crippen molar-refractivity contribution < 1.29 is 4.74 Å². The normalized spacial score (nSPS) is 11.8. The van der Waals surface area contributed by atoms with Crippen LogP contribution >= 0.6 is 11.6 Å². The fourth-order valence-corrected chi connectivity index (χ4v) is 1.84. The maximum atomic E-state index is 5.87. The van der Waals surface area contributed by atoms with E-state index in [2.05, 4.69) is 35.8 Å². The van der Waals surface area contributed by atoms with Crippen molar-refractivity contribution in [2.24, 2.45) is 5.41 Å². The lowest BCUT2D eigenvalue weighted by atomic mass is 9.93. The van der Waals surface area contributed by atoms with Crippen molar-refractivity contribution in [1.82, 2.24) is 19.7 Å². The lowest BCUT2D eigenvalue weighted by Gasteiger charge is -2.17. The average molecular weight is 310 g/mol. The quantitative estimate of drug-likeness (QED) is 0.678. The molecule has 0 amide bonds. The third-order valence-electron chi connectivity index (χ3n) is 2.83. The molecule has 0 spiro atoms. The van der Waals surface area contributed by atoms with Gasteiger partial charge in [0.25, 0.3) is 0 Å². The molecule has 0 aliphatic carbocycles. The minimum Gasteiger partial charge on any atom is -0.384 e. The van der Waals surface area contributed by atoms with Gasteiger partial charge in [-0.25, -0.2) is 14.6 Å². The first-order valence-corrected chi connectivity index (χ1v) is 7.12. The number of nitrogens with zero attached hydrogens (tertiary/aromatic N) is 4. The molecule has 2 heterocycles. The van der Waals surface area contributed by atoms with Crippen LogP contribution in [0.1, 0.15) is 27.2 Å². The van der Waals surface area contributed by atoms with Crippen LogP contribution < -0.4 is 5.73 Å². The highest BCUT2D eigenvalue weighted by Crippen LogP contribution is 2.19. The molecule has 0 atom stereocenters. The number of halogens is 1. The Morgan fingerprint density at radius 2 is 2.10 bits per heavy atom. The van der Waals surface area contributed by atoms with Gasteiger partial charge in [-0.05, 0) is 11.8 Å². The molecule has 0 unspecified atom stereocenters. The third-order valence-corrected chi connectivity index (χ3v) is 3.02. The standard InChI is InChI=1S/C14H20ClN5O/c1-14(2,3)4-5-21-9-20-8-10(7-17-20)13-18-11(15)6-12(16)19-13/h6-8H,4-5,9H2,1-3H3,(H2,16,18,19). The van der Waals surface area contributed by atoms with Crippen LogP contribution in [0.25, 0.3) is 11.4 Å². The Hall–Kier alpha value is -1.66. The van der Waals surface area contributed by atoms with Gasteiger partial charge < -0.3 is 10.5 Å². The summed E-state index contributed by atoms with van der Waals surface area (Å²) in [5.74, 6) is 0.792. The summed E-state index contributed by atoms with van der Waals surface area (Å²) >= 11 is 5.87. The summed E-state index contributed by atoms with van der Waals surface area (Å²) in [7, 11) is 0. The SMILES string of the molecule is CC(C)(C)CCOCn1cc(-c2nc(N)cc(Cl)n2)cn1. The first-order valence-electron chi connectivity index (χ1n) is 6.74. The van der Waals surface area contributed by atoms with Crippen molar-refractivity contribution in [2.45, 2.75) is 33.9 Å². The van der Waals surface area contributed by atoms with E-state index >= 15 is 0 Å². The van der Waals surface area contributed by atoms with Crippen molar-refractivity contribution in [3.63, 3.8) is 0 Å². The number of nitrogen functional groups attached to an aromatic ring is 1. The molecule has 0 bridgehead atoms. The van der Waals surface area contributed by atoms with Crippen LogP contribution in [-0.4, -0.2) is 26.4 Å². The molecule has 6 nitrogen and oxygen atoms in total. The molecule has 2 N–H and O–H groups in total. The number of hydrogen-bond acceptors (Lipinski definition) is 5. The Morgan fingerprint density at radius 3 is 2.76 bits per heavy atom. The number of rotatable bonds is 5. The summed E-state index contributed by atoms with van der Waals surface area (Å²) in [6.07, 6.45) is 4.47. The molecule has 21 heavy (non-hydrogen) atoms. The molecule has 2 aromatic heterocycles. The molecular formula is C14H20ClN5O. The average Bonchev–Trinajstić information content (AvgIpc) is 2.81. The fourth-order valence-electron chi connectivity index (χ4n) is 1.65. The summed E-state index contributed by atoms with van der Waals surface area (Å²) in [5.41, 5.74) is 6.67. The second-order valence-electron chi connectivity index (χ2n) is 6.06. The molecule has 0 saturated heterocycles. The minimum atomic E-state index is 0.265. The highest BCUT2D eigenvalue weighted by molar-refractivity contribution is 6.29. The fraction of sp³-hybridized carbons (Fsp3) is 0.500. The molecule has 0 aliphatic heterocycles. The molecule has 2 aromatic rings. The van der Waals surface area contributed by atoms with Gasteiger partial charge in [0, 0.05) is 18.9 Å². The van der Waals surface area contributed by atoms with Gasteiger partial charge in [0.15, 0.2) is 5.82 Å². The molecule has 0 saturated carbocycles. The second kappa shape index (κ2) is 6.41. The van der Waals surface area contributed by atoms with E-state index in [0.29, 0.717) is 30.1 Å². The predicted molar refractivity (Wildman–Crippen MR) is 82.7 cm³/mol. The predicted octanol–water partition coefficient (Wildman–Crippen LogP) is 2.99. The van der Waals surface area contributed by atoms with Crippen LogP contribution in [0, 0.1) is 5.41 Å². The smallest absolute Gasteiger partial charge is 0.166 e. The van der Waals surface area contributed by atoms with Crippen molar-refractivity contribution in [1.29, 1.82) is 0 Å². The van der Waals surface area contributed by atoms with E-state index in [1.165, 1.54) is 6.07 Å². The van der Waals surface area contributed by atoms with E-state index in [4.69, 9.17) is 22.1 Å². The Bertz CT molecular complexity index is 585. The minimum absolute atomic E-state index is 0.265. The number of ether oxygens (including phenoxy) is 1. The molecule has 0 aliphatic rings. The van der Waals surface area contributed by atoms with Crippen molar-refractivity contribution in [3.8, 4) is 11.4 Å². The van der Waals surface area contributed by atoms with E-state index in [0.717, 1.165) is 12.0 Å². The van der Waals surface area contributed by atoms with Gasteiger partial charge >= 0.3 is 0 Å². The van der Waals surface area contributed by atoms with Gasteiger partial charge in [-0.1, -0.05) is 32.4 Å². The van der Waals surface area contributed by atoms with E-state index in [1.54, 1.807) is 10.9 Å². The van der Waals surface area contributed by atoms with E-state index < -0.39 is 0 Å². The van der Waals surface area contributed by atoms with Gasteiger partial charge in [-0.2, -0.15) is 5.10 Å². The van der Waals surface area contributed by atoms with Crippen molar-refractivity contribution >= 4 is 17.4 Å². The molecule has 0 fully saturated rings. The topological polar surface area (TPSA) is 78.9 Å². The highest BCUT2D eigenvalue weighted by Gasteiger charge is 2.10. The molecular weight excluding hydrogens is 290 g/mol. The Kier molecular flexibility index (Phi) is 4.80. The first kappa shape index (κ1) is 15.7. The lowest BCUT2D eigenvalue weighted by molar-refractivity contribution is 0.0518. The van der Waals surface area contributed by atoms with Crippen LogP contribution in [-0.2, 0) is 11.5 Å². The first-order chi connectivity index (χ1) is 9.83. The van der Waals surface area contributed by atoms with Gasteiger partial charge in [0.05, 0.1) is 11.8 Å². The van der Waals surface area contributed by atoms with E-state index in [-0.39, 0.29) is 5.41 Å². The number of nitrogens with two attached hydrogens (primary N) is 1. The van der Waals surface area contributed by atoms with Crippen molar-refractivity contribution in [2.75, 3.05) is 12.3 Å². The van der Waals surface area contributed by atoms with Crippen molar-refractivity contribution in [3.05, 3.63) is 23.6 Å². The maximum Gasteiger partial charge on any atom is 0.166 e. The van der Waals surface area contributed by atoms with E-state index in [9.17, 15) is 0 Å². The zero-order valence-electron chi connectivity index (χ0n) is 12.5. The Morgan fingerprint density at radius 1 is 1.33 bits per heavy atom. The molecule has 0 radical (unpaired) electrons. The summed E-state index contributed by atoms with van der Waals surface area (Å²) in [6.45, 7) is 7.64. The molecule has 0 aromatic carbocycles. The Balaban J connectivity index is 1.95. The summed E-state index contributed by atoms with van der Waals surface area (Å²) < 4.78 is 7.29. The van der Waals surface area contributed by atoms with Gasteiger partial charge in [0.1, 0.15) is 17.7 Å². The summed E-state index contributed by atoms with van der Waals surface area (Å²) in [6, 6.07) is 1.51. The van der Waals surface area contributed by atoms with Crippen LogP contribution in [0.15, 0.2) is 18.5 Å². The number of aromatic nitrogens is 4. The van der Waals surface area contributed by atoms with Gasteiger partial charge in [-0.15, -0.1) is 0 Å². The summed E-state index contributed by atoms with van der Waals surface area (Å²) in [4.78, 5) is 8.26. The van der Waals surface area contributed by atoms with Gasteiger partial charge in [-0.3, -0.25) is 0 Å². The molecule has 114 valence electrons.